The highest BCUT2D eigenvalue weighted by atomic mass is 16.2. The monoisotopic (exact) mass is 209 g/mol. The maximum absolute atomic E-state index is 11.7. The first-order valence-corrected chi connectivity index (χ1v) is 5.41. The molecule has 1 saturated heterocycles. The highest BCUT2D eigenvalue weighted by Crippen LogP contribution is 2.02. The van der Waals surface area contributed by atoms with Crippen molar-refractivity contribution in [2.24, 2.45) is 0 Å². The van der Waals surface area contributed by atoms with Crippen molar-refractivity contribution in [2.45, 2.75) is 19.9 Å². The summed E-state index contributed by atoms with van der Waals surface area (Å²) in [5.41, 5.74) is 0. The van der Waals surface area contributed by atoms with E-state index in [1.54, 1.807) is 0 Å². The molecule has 1 aliphatic rings. The molecular formula is C11H19N3O. The Hall–Kier alpha value is -1.05. The molecule has 4 nitrogen and oxygen atoms in total. The Kier molecular flexibility index (Phi) is 5.16. The van der Waals surface area contributed by atoms with Crippen molar-refractivity contribution in [3.8, 4) is 11.8 Å². The summed E-state index contributed by atoms with van der Waals surface area (Å²) >= 11 is 0. The number of amides is 1. The summed E-state index contributed by atoms with van der Waals surface area (Å²) < 4.78 is 0. The molecule has 1 fully saturated rings. The zero-order valence-electron chi connectivity index (χ0n) is 9.47. The van der Waals surface area contributed by atoms with Gasteiger partial charge in [0.15, 0.2) is 0 Å². The molecule has 84 valence electrons. The molecule has 2 N–H and O–H groups in total. The van der Waals surface area contributed by atoms with Crippen LogP contribution in [0.5, 0.6) is 0 Å². The molecule has 0 aromatic heterocycles. The van der Waals surface area contributed by atoms with E-state index in [9.17, 15) is 4.79 Å². The molecule has 0 aromatic carbocycles. The van der Waals surface area contributed by atoms with E-state index in [0.717, 1.165) is 19.6 Å². The number of carbonyl (C=O) groups is 1. The molecule has 0 bridgehead atoms. The SMILES string of the molecule is CC#CCN1CCNCC1C(=O)NCC. The molecule has 0 spiro atoms. The summed E-state index contributed by atoms with van der Waals surface area (Å²) in [5, 5.41) is 6.08. The van der Waals surface area contributed by atoms with Crippen LogP contribution in [0.4, 0.5) is 0 Å². The van der Waals surface area contributed by atoms with Crippen molar-refractivity contribution in [3.63, 3.8) is 0 Å². The molecule has 1 unspecified atom stereocenters. The number of carbonyl (C=O) groups excluding carboxylic acids is 1. The first-order chi connectivity index (χ1) is 7.29. The van der Waals surface area contributed by atoms with Crippen molar-refractivity contribution in [1.82, 2.24) is 15.5 Å². The van der Waals surface area contributed by atoms with Crippen LogP contribution in [-0.4, -0.2) is 49.6 Å². The third-order valence-corrected chi connectivity index (χ3v) is 2.47. The average Bonchev–Trinajstić information content (AvgIpc) is 2.27. The quantitative estimate of drug-likeness (QED) is 0.611. The van der Waals surface area contributed by atoms with Gasteiger partial charge in [-0.15, -0.1) is 5.92 Å². The third kappa shape index (κ3) is 3.54. The van der Waals surface area contributed by atoms with E-state index in [2.05, 4.69) is 27.4 Å². The van der Waals surface area contributed by atoms with Crippen LogP contribution < -0.4 is 10.6 Å². The molecule has 0 saturated carbocycles. The summed E-state index contributed by atoms with van der Waals surface area (Å²) in [6.45, 7) is 7.66. The second-order valence-corrected chi connectivity index (χ2v) is 3.51. The lowest BCUT2D eigenvalue weighted by Gasteiger charge is -2.33. The summed E-state index contributed by atoms with van der Waals surface area (Å²) in [7, 11) is 0. The van der Waals surface area contributed by atoms with Crippen LogP contribution in [0.15, 0.2) is 0 Å². The molecule has 0 aromatic rings. The van der Waals surface area contributed by atoms with Crippen molar-refractivity contribution in [2.75, 3.05) is 32.7 Å². The van der Waals surface area contributed by atoms with E-state index in [0.29, 0.717) is 13.1 Å². The van der Waals surface area contributed by atoms with Crippen molar-refractivity contribution >= 4 is 5.91 Å². The number of piperazine rings is 1. The molecule has 1 atom stereocenters. The van der Waals surface area contributed by atoms with Gasteiger partial charge >= 0.3 is 0 Å². The zero-order chi connectivity index (χ0) is 11.1. The largest absolute Gasteiger partial charge is 0.355 e. The molecule has 1 aliphatic heterocycles. The van der Waals surface area contributed by atoms with Gasteiger partial charge in [0.05, 0.1) is 6.54 Å². The maximum atomic E-state index is 11.7. The highest BCUT2D eigenvalue weighted by molar-refractivity contribution is 5.82. The van der Waals surface area contributed by atoms with Crippen LogP contribution in [0.2, 0.25) is 0 Å². The fourth-order valence-corrected chi connectivity index (χ4v) is 1.67. The molecular weight excluding hydrogens is 190 g/mol. The highest BCUT2D eigenvalue weighted by Gasteiger charge is 2.27. The van der Waals surface area contributed by atoms with Crippen molar-refractivity contribution < 1.29 is 4.79 Å². The molecule has 15 heavy (non-hydrogen) atoms. The summed E-state index contributed by atoms with van der Waals surface area (Å²) in [4.78, 5) is 13.9. The molecule has 0 radical (unpaired) electrons. The lowest BCUT2D eigenvalue weighted by atomic mass is 10.1. The van der Waals surface area contributed by atoms with Gasteiger partial charge in [-0.05, 0) is 13.8 Å². The van der Waals surface area contributed by atoms with Gasteiger partial charge in [0.25, 0.3) is 0 Å². The fourth-order valence-electron chi connectivity index (χ4n) is 1.67. The number of nitrogens with one attached hydrogen (secondary N) is 2. The van der Waals surface area contributed by atoms with Crippen LogP contribution >= 0.6 is 0 Å². The Bertz CT molecular complexity index is 267. The maximum Gasteiger partial charge on any atom is 0.238 e. The zero-order valence-corrected chi connectivity index (χ0v) is 9.47. The predicted molar refractivity (Wildman–Crippen MR) is 60.4 cm³/mol. The number of likely N-dealkylation sites (N-methyl/N-ethyl adjacent to an activating group) is 1. The number of hydrogen-bond acceptors (Lipinski definition) is 3. The smallest absolute Gasteiger partial charge is 0.238 e. The van der Waals surface area contributed by atoms with E-state index >= 15 is 0 Å². The van der Waals surface area contributed by atoms with Gasteiger partial charge in [-0.2, -0.15) is 0 Å². The minimum Gasteiger partial charge on any atom is -0.355 e. The Balaban J connectivity index is 2.55. The van der Waals surface area contributed by atoms with Gasteiger partial charge < -0.3 is 10.6 Å². The molecule has 0 aliphatic carbocycles. The third-order valence-electron chi connectivity index (χ3n) is 2.47. The second kappa shape index (κ2) is 6.44. The molecule has 1 amide bonds. The Morgan fingerprint density at radius 2 is 2.47 bits per heavy atom. The minimum atomic E-state index is -0.0699. The van der Waals surface area contributed by atoms with Gasteiger partial charge in [-0.1, -0.05) is 5.92 Å². The van der Waals surface area contributed by atoms with Gasteiger partial charge in [0.2, 0.25) is 5.91 Å². The summed E-state index contributed by atoms with van der Waals surface area (Å²) in [5.74, 6) is 5.98. The van der Waals surface area contributed by atoms with Crippen molar-refractivity contribution in [3.05, 3.63) is 0 Å². The molecule has 4 heteroatoms. The fraction of sp³-hybridized carbons (Fsp3) is 0.727. The van der Waals surface area contributed by atoms with Crippen LogP contribution in [0.25, 0.3) is 0 Å². The standard InChI is InChI=1S/C11H19N3O/c1-3-5-7-14-8-6-12-9-10(14)11(15)13-4-2/h10,12H,4,6-9H2,1-2H3,(H,13,15). The van der Waals surface area contributed by atoms with E-state index in [1.807, 2.05) is 13.8 Å². The topological polar surface area (TPSA) is 44.4 Å². The first kappa shape index (κ1) is 12.0. The Morgan fingerprint density at radius 3 is 3.13 bits per heavy atom. The Labute approximate surface area is 91.4 Å². The Morgan fingerprint density at radius 1 is 1.67 bits per heavy atom. The van der Waals surface area contributed by atoms with E-state index in [1.165, 1.54) is 0 Å². The van der Waals surface area contributed by atoms with Gasteiger partial charge in [0, 0.05) is 26.2 Å². The average molecular weight is 209 g/mol. The van der Waals surface area contributed by atoms with Crippen molar-refractivity contribution in [1.29, 1.82) is 0 Å². The van der Waals surface area contributed by atoms with Gasteiger partial charge in [0.1, 0.15) is 6.04 Å². The lowest BCUT2D eigenvalue weighted by molar-refractivity contribution is -0.126. The van der Waals surface area contributed by atoms with Crippen LogP contribution in [-0.2, 0) is 4.79 Å². The summed E-state index contributed by atoms with van der Waals surface area (Å²) in [6.07, 6.45) is 0. The van der Waals surface area contributed by atoms with Gasteiger partial charge in [-0.25, -0.2) is 0 Å². The normalized spacial score (nSPS) is 21.6. The van der Waals surface area contributed by atoms with Crippen LogP contribution in [0.1, 0.15) is 13.8 Å². The number of hydrogen-bond donors (Lipinski definition) is 2. The van der Waals surface area contributed by atoms with E-state index in [4.69, 9.17) is 0 Å². The van der Waals surface area contributed by atoms with E-state index in [-0.39, 0.29) is 11.9 Å². The van der Waals surface area contributed by atoms with Crippen LogP contribution in [0.3, 0.4) is 0 Å². The number of rotatable bonds is 3. The van der Waals surface area contributed by atoms with E-state index < -0.39 is 0 Å². The lowest BCUT2D eigenvalue weighted by Crippen LogP contribution is -2.57. The number of nitrogens with zero attached hydrogens (tertiary/aromatic N) is 1. The minimum absolute atomic E-state index is 0.0699. The summed E-state index contributed by atoms with van der Waals surface area (Å²) in [6, 6.07) is -0.0699. The predicted octanol–water partition coefficient (Wildman–Crippen LogP) is -0.580. The molecule has 1 heterocycles. The second-order valence-electron chi connectivity index (χ2n) is 3.51. The van der Waals surface area contributed by atoms with Crippen LogP contribution in [0, 0.1) is 11.8 Å². The molecule has 1 rings (SSSR count). The van der Waals surface area contributed by atoms with Gasteiger partial charge in [-0.3, -0.25) is 9.69 Å². The first-order valence-electron chi connectivity index (χ1n) is 5.41.